The van der Waals surface area contributed by atoms with Gasteiger partial charge in [0.25, 0.3) is 0 Å². The quantitative estimate of drug-likeness (QED) is 0.676. The Balaban J connectivity index is 0.00000261. The van der Waals surface area contributed by atoms with Crippen LogP contribution >= 0.6 is 12.4 Å². The largest absolute Gasteiger partial charge is 0.389 e. The normalized spacial score (nSPS) is 13.6. The second-order valence-electron chi connectivity index (χ2n) is 6.70. The van der Waals surface area contributed by atoms with E-state index in [0.29, 0.717) is 5.52 Å². The summed E-state index contributed by atoms with van der Waals surface area (Å²) in [6, 6.07) is 13.1. The number of aliphatic hydroxyl groups is 1. The van der Waals surface area contributed by atoms with E-state index in [9.17, 15) is 14.3 Å². The van der Waals surface area contributed by atoms with Crippen molar-refractivity contribution in [2.75, 3.05) is 13.6 Å². The maximum atomic E-state index is 14.8. The zero-order valence-corrected chi connectivity index (χ0v) is 16.4. The summed E-state index contributed by atoms with van der Waals surface area (Å²) < 4.78 is 17.7. The number of benzene rings is 2. The van der Waals surface area contributed by atoms with E-state index in [-0.39, 0.29) is 36.2 Å². The third-order valence-electron chi connectivity index (χ3n) is 4.59. The minimum atomic E-state index is -0.897. The van der Waals surface area contributed by atoms with Gasteiger partial charge in [-0.3, -0.25) is 9.13 Å². The van der Waals surface area contributed by atoms with Gasteiger partial charge in [0.05, 0.1) is 17.7 Å². The van der Waals surface area contributed by atoms with Crippen molar-refractivity contribution >= 4 is 23.4 Å². The van der Waals surface area contributed by atoms with Crippen molar-refractivity contribution in [3.05, 3.63) is 70.4 Å². The summed E-state index contributed by atoms with van der Waals surface area (Å²) in [7, 11) is 1.73. The highest BCUT2D eigenvalue weighted by Gasteiger charge is 2.29. The van der Waals surface area contributed by atoms with Gasteiger partial charge in [0.15, 0.2) is 0 Å². The molecule has 1 heterocycles. The van der Waals surface area contributed by atoms with Crippen molar-refractivity contribution in [1.29, 1.82) is 0 Å². The van der Waals surface area contributed by atoms with E-state index in [1.165, 1.54) is 10.6 Å². The van der Waals surface area contributed by atoms with Crippen LogP contribution in [0.15, 0.2) is 53.3 Å². The van der Waals surface area contributed by atoms with E-state index >= 15 is 0 Å². The van der Waals surface area contributed by atoms with Gasteiger partial charge < -0.3 is 10.4 Å². The van der Waals surface area contributed by atoms with E-state index in [0.717, 1.165) is 5.56 Å². The Morgan fingerprint density at radius 2 is 1.74 bits per heavy atom. The van der Waals surface area contributed by atoms with E-state index in [2.05, 4.69) is 5.32 Å². The number of hydrogen-bond acceptors (Lipinski definition) is 3. The fraction of sp³-hybridized carbons (Fsp3) is 0.350. The van der Waals surface area contributed by atoms with Gasteiger partial charge in [0.2, 0.25) is 0 Å². The Morgan fingerprint density at radius 1 is 1.07 bits per heavy atom. The molecule has 0 amide bonds. The summed E-state index contributed by atoms with van der Waals surface area (Å²) in [5, 5.41) is 13.7. The van der Waals surface area contributed by atoms with Gasteiger partial charge in [0.1, 0.15) is 11.3 Å². The molecule has 0 fully saturated rings. The lowest BCUT2D eigenvalue weighted by Crippen LogP contribution is -2.39. The molecule has 0 saturated heterocycles. The Morgan fingerprint density at radius 3 is 2.33 bits per heavy atom. The summed E-state index contributed by atoms with van der Waals surface area (Å²) in [6.45, 7) is 4.05. The minimum Gasteiger partial charge on any atom is -0.389 e. The average molecular weight is 394 g/mol. The first kappa shape index (κ1) is 21.2. The number of nitrogens with one attached hydrogen (secondary N) is 1. The molecule has 5 nitrogen and oxygen atoms in total. The van der Waals surface area contributed by atoms with Crippen molar-refractivity contribution < 1.29 is 9.50 Å². The highest BCUT2D eigenvalue weighted by molar-refractivity contribution is 5.85. The number of aliphatic hydroxyl groups excluding tert-OH is 1. The maximum Gasteiger partial charge on any atom is 0.330 e. The number of fused-ring (bicyclic) bond motifs is 1. The predicted molar refractivity (Wildman–Crippen MR) is 108 cm³/mol. The first-order valence-electron chi connectivity index (χ1n) is 8.76. The van der Waals surface area contributed by atoms with Crippen LogP contribution in [0.25, 0.3) is 11.0 Å². The fourth-order valence-corrected chi connectivity index (χ4v) is 3.52. The van der Waals surface area contributed by atoms with E-state index in [4.69, 9.17) is 0 Å². The van der Waals surface area contributed by atoms with Crippen LogP contribution in [0.2, 0.25) is 0 Å². The van der Waals surface area contributed by atoms with Crippen LogP contribution < -0.4 is 11.0 Å². The van der Waals surface area contributed by atoms with Gasteiger partial charge >= 0.3 is 5.69 Å². The molecule has 0 spiro atoms. The molecule has 146 valence electrons. The molecule has 0 saturated carbocycles. The molecule has 2 aromatic carbocycles. The molecular weight excluding hydrogens is 369 g/mol. The number of halogens is 2. The SMILES string of the molecule is CNC[C@@H](O)[C@H](c1ccccc1)n1c(=O)n(C(C)C)c2cccc(F)c21.Cl. The Labute approximate surface area is 163 Å². The van der Waals surface area contributed by atoms with Crippen LogP contribution in [0.1, 0.15) is 31.5 Å². The Kier molecular flexibility index (Phi) is 6.81. The maximum absolute atomic E-state index is 14.8. The van der Waals surface area contributed by atoms with Gasteiger partial charge in [-0.1, -0.05) is 36.4 Å². The van der Waals surface area contributed by atoms with Crippen LogP contribution in [0.5, 0.6) is 0 Å². The number of aromatic nitrogens is 2. The standard InChI is InChI=1S/C20H24FN3O2.ClH/c1-13(2)23-16-11-7-10-15(21)19(16)24(20(23)26)18(17(25)12-22-3)14-8-5-4-6-9-14;/h4-11,13,17-18,22,25H,12H2,1-3H3;1H/t17-,18+;/m1./s1. The lowest BCUT2D eigenvalue weighted by atomic mass is 10.0. The minimum absolute atomic E-state index is 0. The molecule has 3 aromatic rings. The summed E-state index contributed by atoms with van der Waals surface area (Å²) in [5.41, 5.74) is 1.17. The van der Waals surface area contributed by atoms with Gasteiger partial charge in [-0.2, -0.15) is 0 Å². The Hall–Kier alpha value is -2.15. The first-order chi connectivity index (χ1) is 12.5. The number of para-hydroxylation sites is 1. The molecule has 1 aromatic heterocycles. The van der Waals surface area contributed by atoms with Crippen LogP contribution in [0, 0.1) is 5.82 Å². The monoisotopic (exact) mass is 393 g/mol. The molecule has 0 aliphatic heterocycles. The number of likely N-dealkylation sites (N-methyl/N-ethyl adjacent to an activating group) is 1. The third kappa shape index (κ3) is 3.78. The molecule has 0 aliphatic rings. The number of hydrogen-bond donors (Lipinski definition) is 2. The highest BCUT2D eigenvalue weighted by Crippen LogP contribution is 2.28. The molecule has 0 bridgehead atoms. The van der Waals surface area contributed by atoms with Crippen molar-refractivity contribution in [2.24, 2.45) is 0 Å². The number of imidazole rings is 1. The average Bonchev–Trinajstić information content (AvgIpc) is 2.90. The number of nitrogens with zero attached hydrogens (tertiary/aromatic N) is 2. The van der Waals surface area contributed by atoms with Crippen molar-refractivity contribution in [1.82, 2.24) is 14.5 Å². The topological polar surface area (TPSA) is 59.2 Å². The zero-order valence-electron chi connectivity index (χ0n) is 15.6. The predicted octanol–water partition coefficient (Wildman–Crippen LogP) is 3.11. The van der Waals surface area contributed by atoms with E-state index in [1.54, 1.807) is 23.7 Å². The van der Waals surface area contributed by atoms with Gasteiger partial charge in [-0.05, 0) is 38.6 Å². The summed E-state index contributed by atoms with van der Waals surface area (Å²) >= 11 is 0. The van der Waals surface area contributed by atoms with Gasteiger partial charge in [0, 0.05) is 12.6 Å². The second kappa shape index (κ2) is 8.69. The molecular formula is C20H25ClFN3O2. The van der Waals surface area contributed by atoms with Crippen molar-refractivity contribution in [3.63, 3.8) is 0 Å². The van der Waals surface area contributed by atoms with Crippen molar-refractivity contribution in [3.8, 4) is 0 Å². The second-order valence-corrected chi connectivity index (χ2v) is 6.70. The third-order valence-corrected chi connectivity index (χ3v) is 4.59. The molecule has 3 rings (SSSR count). The molecule has 0 unspecified atom stereocenters. The van der Waals surface area contributed by atoms with Crippen LogP contribution in [0.3, 0.4) is 0 Å². The van der Waals surface area contributed by atoms with E-state index in [1.807, 2.05) is 44.2 Å². The number of rotatable bonds is 6. The summed E-state index contributed by atoms with van der Waals surface area (Å²) in [4.78, 5) is 13.2. The summed E-state index contributed by atoms with van der Waals surface area (Å²) in [6.07, 6.45) is -0.897. The lowest BCUT2D eigenvalue weighted by molar-refractivity contribution is 0.130. The van der Waals surface area contributed by atoms with Crippen LogP contribution in [-0.4, -0.2) is 33.9 Å². The fourth-order valence-electron chi connectivity index (χ4n) is 3.52. The van der Waals surface area contributed by atoms with Crippen LogP contribution in [0.4, 0.5) is 4.39 Å². The molecule has 2 atom stereocenters. The molecule has 0 aliphatic carbocycles. The molecule has 2 N–H and O–H groups in total. The lowest BCUT2D eigenvalue weighted by Gasteiger charge is -2.25. The molecule has 27 heavy (non-hydrogen) atoms. The molecule has 7 heteroatoms. The van der Waals surface area contributed by atoms with E-state index < -0.39 is 18.0 Å². The van der Waals surface area contributed by atoms with Crippen LogP contribution in [-0.2, 0) is 0 Å². The zero-order chi connectivity index (χ0) is 18.8. The smallest absolute Gasteiger partial charge is 0.330 e. The highest BCUT2D eigenvalue weighted by atomic mass is 35.5. The van der Waals surface area contributed by atoms with Crippen molar-refractivity contribution in [2.45, 2.75) is 32.0 Å². The van der Waals surface area contributed by atoms with Gasteiger partial charge in [-0.25, -0.2) is 9.18 Å². The first-order valence-corrected chi connectivity index (χ1v) is 8.76. The summed E-state index contributed by atoms with van der Waals surface area (Å²) in [5.74, 6) is -0.475. The van der Waals surface area contributed by atoms with Gasteiger partial charge in [-0.15, -0.1) is 12.4 Å². The Bertz CT molecular complexity index is 953. The molecule has 0 radical (unpaired) electrons.